The van der Waals surface area contributed by atoms with Crippen molar-refractivity contribution in [2.75, 3.05) is 5.73 Å². The summed E-state index contributed by atoms with van der Waals surface area (Å²) >= 11 is 0. The molecule has 0 fully saturated rings. The summed E-state index contributed by atoms with van der Waals surface area (Å²) in [5.74, 6) is 0.457. The number of anilines is 1. The molecule has 0 radical (unpaired) electrons. The van der Waals surface area contributed by atoms with Gasteiger partial charge in [-0.1, -0.05) is 18.2 Å². The van der Waals surface area contributed by atoms with Crippen molar-refractivity contribution in [3.63, 3.8) is 0 Å². The summed E-state index contributed by atoms with van der Waals surface area (Å²) in [6.45, 7) is 6.31. The van der Waals surface area contributed by atoms with E-state index in [0.29, 0.717) is 5.82 Å². The standard InChI is InChI=1S/C18H20N6/c1-18(2,3)24-17-14(16(19)20-10-21-17)15(22-24)12-9-23(4)13-8-6-5-7-11(12)13/h5-10H,1-4H3,(H2,19,20,21). The average molecular weight is 320 g/mol. The third-order valence-corrected chi connectivity index (χ3v) is 4.28. The Morgan fingerprint density at radius 1 is 1.08 bits per heavy atom. The quantitative estimate of drug-likeness (QED) is 0.584. The van der Waals surface area contributed by atoms with Crippen molar-refractivity contribution in [2.24, 2.45) is 7.05 Å². The van der Waals surface area contributed by atoms with E-state index in [1.807, 2.05) is 23.9 Å². The van der Waals surface area contributed by atoms with Gasteiger partial charge in [0.15, 0.2) is 5.65 Å². The van der Waals surface area contributed by atoms with Crippen molar-refractivity contribution >= 4 is 27.8 Å². The Labute approximate surface area is 139 Å². The van der Waals surface area contributed by atoms with Gasteiger partial charge in [0.1, 0.15) is 17.8 Å². The van der Waals surface area contributed by atoms with Crippen LogP contribution in [0.2, 0.25) is 0 Å². The number of para-hydroxylation sites is 1. The Hall–Kier alpha value is -2.89. The van der Waals surface area contributed by atoms with Gasteiger partial charge in [0.2, 0.25) is 0 Å². The highest BCUT2D eigenvalue weighted by molar-refractivity contribution is 6.05. The van der Waals surface area contributed by atoms with Crippen LogP contribution in [0.5, 0.6) is 0 Å². The van der Waals surface area contributed by atoms with Gasteiger partial charge in [-0.3, -0.25) is 0 Å². The van der Waals surface area contributed by atoms with Gasteiger partial charge in [-0.2, -0.15) is 5.10 Å². The molecule has 1 aromatic carbocycles. The number of fused-ring (bicyclic) bond motifs is 2. The van der Waals surface area contributed by atoms with Crippen LogP contribution in [0.4, 0.5) is 5.82 Å². The van der Waals surface area contributed by atoms with Crippen LogP contribution < -0.4 is 5.73 Å². The van der Waals surface area contributed by atoms with Crippen molar-refractivity contribution in [2.45, 2.75) is 26.3 Å². The lowest BCUT2D eigenvalue weighted by atomic mass is 10.1. The average Bonchev–Trinajstić information content (AvgIpc) is 3.07. The van der Waals surface area contributed by atoms with E-state index in [9.17, 15) is 0 Å². The Bertz CT molecular complexity index is 1060. The number of nitrogens with zero attached hydrogens (tertiary/aromatic N) is 5. The fraction of sp³-hybridized carbons (Fsp3) is 0.278. The van der Waals surface area contributed by atoms with E-state index in [-0.39, 0.29) is 5.54 Å². The Morgan fingerprint density at radius 2 is 1.83 bits per heavy atom. The minimum Gasteiger partial charge on any atom is -0.383 e. The molecule has 0 aliphatic heterocycles. The van der Waals surface area contributed by atoms with E-state index in [1.165, 1.54) is 6.33 Å². The minimum absolute atomic E-state index is 0.206. The van der Waals surface area contributed by atoms with Gasteiger partial charge < -0.3 is 10.3 Å². The molecule has 0 bridgehead atoms. The number of nitrogens with two attached hydrogens (primary N) is 1. The molecule has 0 aliphatic carbocycles. The summed E-state index contributed by atoms with van der Waals surface area (Å²) in [6, 6.07) is 8.28. The summed E-state index contributed by atoms with van der Waals surface area (Å²) in [5, 5.41) is 6.83. The molecule has 24 heavy (non-hydrogen) atoms. The van der Waals surface area contributed by atoms with Crippen molar-refractivity contribution in [1.82, 2.24) is 24.3 Å². The largest absolute Gasteiger partial charge is 0.383 e. The number of rotatable bonds is 1. The van der Waals surface area contributed by atoms with Crippen LogP contribution in [0.3, 0.4) is 0 Å². The molecular weight excluding hydrogens is 300 g/mol. The minimum atomic E-state index is -0.206. The van der Waals surface area contributed by atoms with E-state index in [2.05, 4.69) is 53.6 Å². The third kappa shape index (κ3) is 1.99. The molecular formula is C18H20N6. The number of nitrogen functional groups attached to an aromatic ring is 1. The summed E-state index contributed by atoms with van der Waals surface area (Å²) in [5.41, 5.74) is 9.77. The van der Waals surface area contributed by atoms with Gasteiger partial charge in [0.25, 0.3) is 0 Å². The Kier molecular flexibility index (Phi) is 2.94. The zero-order valence-corrected chi connectivity index (χ0v) is 14.3. The molecule has 0 aliphatic rings. The summed E-state index contributed by atoms with van der Waals surface area (Å²) in [4.78, 5) is 8.63. The van der Waals surface area contributed by atoms with E-state index in [1.54, 1.807) is 0 Å². The van der Waals surface area contributed by atoms with Gasteiger partial charge in [0.05, 0.1) is 10.9 Å². The van der Waals surface area contributed by atoms with Crippen molar-refractivity contribution in [3.8, 4) is 11.3 Å². The lowest BCUT2D eigenvalue weighted by Crippen LogP contribution is -2.23. The van der Waals surface area contributed by atoms with Crippen LogP contribution in [-0.4, -0.2) is 24.3 Å². The van der Waals surface area contributed by atoms with E-state index >= 15 is 0 Å². The monoisotopic (exact) mass is 320 g/mol. The maximum Gasteiger partial charge on any atom is 0.164 e. The van der Waals surface area contributed by atoms with Crippen LogP contribution in [0, 0.1) is 0 Å². The second kappa shape index (κ2) is 4.80. The summed E-state index contributed by atoms with van der Waals surface area (Å²) in [6.07, 6.45) is 3.58. The third-order valence-electron chi connectivity index (χ3n) is 4.28. The first-order valence-corrected chi connectivity index (χ1v) is 7.92. The molecule has 6 heteroatoms. The van der Waals surface area contributed by atoms with Crippen LogP contribution in [0.25, 0.3) is 33.2 Å². The lowest BCUT2D eigenvalue weighted by Gasteiger charge is -2.19. The first-order chi connectivity index (χ1) is 11.4. The number of aromatic nitrogens is 5. The Morgan fingerprint density at radius 3 is 2.58 bits per heavy atom. The zero-order valence-electron chi connectivity index (χ0n) is 14.3. The lowest BCUT2D eigenvalue weighted by molar-refractivity contribution is 0.367. The van der Waals surface area contributed by atoms with Gasteiger partial charge in [-0.25, -0.2) is 14.6 Å². The summed E-state index contributed by atoms with van der Waals surface area (Å²) in [7, 11) is 2.04. The molecule has 0 atom stereocenters. The fourth-order valence-electron chi connectivity index (χ4n) is 3.16. The van der Waals surface area contributed by atoms with E-state index < -0.39 is 0 Å². The van der Waals surface area contributed by atoms with E-state index in [4.69, 9.17) is 10.8 Å². The molecule has 2 N–H and O–H groups in total. The Balaban J connectivity index is 2.14. The highest BCUT2D eigenvalue weighted by atomic mass is 15.3. The fourth-order valence-corrected chi connectivity index (χ4v) is 3.16. The predicted octanol–water partition coefficient (Wildman–Crippen LogP) is 3.32. The molecule has 6 nitrogen and oxygen atoms in total. The van der Waals surface area contributed by atoms with Crippen molar-refractivity contribution < 1.29 is 0 Å². The molecule has 0 amide bonds. The van der Waals surface area contributed by atoms with Crippen LogP contribution in [0.1, 0.15) is 20.8 Å². The van der Waals surface area contributed by atoms with Gasteiger partial charge in [-0.05, 0) is 26.8 Å². The molecule has 122 valence electrons. The smallest absolute Gasteiger partial charge is 0.164 e. The second-order valence-corrected chi connectivity index (χ2v) is 7.06. The van der Waals surface area contributed by atoms with Crippen molar-refractivity contribution in [3.05, 3.63) is 36.8 Å². The SMILES string of the molecule is Cn1cc(-c2nn(C(C)(C)C)c3ncnc(N)c23)c2ccccc21. The molecule has 0 unspecified atom stereocenters. The number of hydrogen-bond donors (Lipinski definition) is 1. The highest BCUT2D eigenvalue weighted by Gasteiger charge is 2.25. The van der Waals surface area contributed by atoms with Crippen molar-refractivity contribution in [1.29, 1.82) is 0 Å². The maximum absolute atomic E-state index is 6.19. The highest BCUT2D eigenvalue weighted by Crippen LogP contribution is 2.36. The number of benzene rings is 1. The topological polar surface area (TPSA) is 74.5 Å². The molecule has 3 aromatic heterocycles. The molecule has 0 saturated carbocycles. The van der Waals surface area contributed by atoms with E-state index in [0.717, 1.165) is 33.2 Å². The van der Waals surface area contributed by atoms with Crippen LogP contribution in [-0.2, 0) is 12.6 Å². The normalized spacial score (nSPS) is 12.3. The second-order valence-electron chi connectivity index (χ2n) is 7.06. The maximum atomic E-state index is 6.19. The predicted molar refractivity (Wildman–Crippen MR) is 96.6 cm³/mol. The molecule has 4 rings (SSSR count). The van der Waals surface area contributed by atoms with Gasteiger partial charge >= 0.3 is 0 Å². The molecule has 0 saturated heterocycles. The molecule has 4 aromatic rings. The van der Waals surface area contributed by atoms with Gasteiger partial charge in [-0.15, -0.1) is 0 Å². The van der Waals surface area contributed by atoms with Crippen LogP contribution >= 0.6 is 0 Å². The summed E-state index contributed by atoms with van der Waals surface area (Å²) < 4.78 is 4.03. The first kappa shape index (κ1) is 14.7. The first-order valence-electron chi connectivity index (χ1n) is 7.92. The molecule has 3 heterocycles. The number of aryl methyl sites for hydroxylation is 1. The number of hydrogen-bond acceptors (Lipinski definition) is 4. The zero-order chi connectivity index (χ0) is 17.1. The van der Waals surface area contributed by atoms with Crippen LogP contribution in [0.15, 0.2) is 36.8 Å². The molecule has 0 spiro atoms. The van der Waals surface area contributed by atoms with Gasteiger partial charge in [0, 0.05) is 29.7 Å².